The largest absolute Gasteiger partial charge is 0.340 e. The SMILES string of the molecule is CCC(=O)C1(CC(=O)C(=O)c2cc(C(=O)Nc3ccc(C)c(C(F)F)c3)n3c2CCC3)CC(F)(F)C1. The summed E-state index contributed by atoms with van der Waals surface area (Å²) in [6, 6.07) is 5.40. The standard InChI is InChI=1S/C26H26F4N2O4/c1-3-21(34)25(12-26(29,30)13-25)11-20(33)22(35)17-10-19(32-8-4-5-18(17)32)24(36)31-15-7-6-14(2)16(9-15)23(27)28/h6-7,9-10,23H,3-5,8,11-13H2,1-2H3,(H,31,36). The molecule has 192 valence electrons. The fourth-order valence-electron chi connectivity index (χ4n) is 5.32. The number of Topliss-reactive ketones (excluding diaryl/α,β-unsaturated/α-hetero) is 3. The molecule has 0 bridgehead atoms. The molecule has 10 heteroatoms. The Balaban J connectivity index is 1.57. The number of anilines is 1. The first-order valence-corrected chi connectivity index (χ1v) is 11.8. The minimum Gasteiger partial charge on any atom is -0.340 e. The number of benzene rings is 1. The normalized spacial score (nSPS) is 17.4. The van der Waals surface area contributed by atoms with E-state index in [1.165, 1.54) is 38.1 Å². The molecule has 2 aromatic rings. The van der Waals surface area contributed by atoms with Crippen LogP contribution in [0, 0.1) is 12.3 Å². The Labute approximate surface area is 205 Å². The third-order valence-electron chi connectivity index (χ3n) is 7.11. The predicted octanol–water partition coefficient (Wildman–Crippen LogP) is 5.47. The highest BCUT2D eigenvalue weighted by Gasteiger charge is 2.60. The summed E-state index contributed by atoms with van der Waals surface area (Å²) >= 11 is 0. The van der Waals surface area contributed by atoms with Gasteiger partial charge < -0.3 is 9.88 Å². The van der Waals surface area contributed by atoms with Crippen LogP contribution < -0.4 is 5.32 Å². The van der Waals surface area contributed by atoms with Crippen molar-refractivity contribution in [2.24, 2.45) is 5.41 Å². The molecule has 0 unspecified atom stereocenters. The molecular weight excluding hydrogens is 480 g/mol. The Hall–Kier alpha value is -3.30. The number of fused-ring (bicyclic) bond motifs is 1. The fraction of sp³-hybridized carbons (Fsp3) is 0.462. The van der Waals surface area contributed by atoms with Gasteiger partial charge in [0.05, 0.1) is 0 Å². The van der Waals surface area contributed by atoms with E-state index in [1.54, 1.807) is 4.57 Å². The number of hydrogen-bond donors (Lipinski definition) is 1. The van der Waals surface area contributed by atoms with E-state index >= 15 is 0 Å². The Morgan fingerprint density at radius 1 is 1.11 bits per heavy atom. The second-order valence-electron chi connectivity index (χ2n) is 9.67. The number of carbonyl (C=O) groups excluding carboxylic acids is 4. The van der Waals surface area contributed by atoms with Gasteiger partial charge in [0.25, 0.3) is 12.3 Å². The fourth-order valence-corrected chi connectivity index (χ4v) is 5.32. The van der Waals surface area contributed by atoms with Gasteiger partial charge in [-0.15, -0.1) is 0 Å². The number of amides is 1. The van der Waals surface area contributed by atoms with Gasteiger partial charge in [-0.2, -0.15) is 0 Å². The lowest BCUT2D eigenvalue weighted by atomic mass is 9.60. The molecule has 0 spiro atoms. The van der Waals surface area contributed by atoms with E-state index in [1.807, 2.05) is 0 Å². The van der Waals surface area contributed by atoms with Crippen molar-refractivity contribution in [2.75, 3.05) is 5.32 Å². The quantitative estimate of drug-likeness (QED) is 0.278. The van der Waals surface area contributed by atoms with Crippen molar-refractivity contribution in [1.82, 2.24) is 4.57 Å². The smallest absolute Gasteiger partial charge is 0.272 e. The van der Waals surface area contributed by atoms with Gasteiger partial charge in [0, 0.05) is 60.2 Å². The molecule has 1 aromatic carbocycles. The van der Waals surface area contributed by atoms with Crippen molar-refractivity contribution < 1.29 is 36.7 Å². The molecule has 0 radical (unpaired) electrons. The number of rotatable bonds is 9. The van der Waals surface area contributed by atoms with E-state index in [9.17, 15) is 36.7 Å². The zero-order chi connectivity index (χ0) is 26.4. The van der Waals surface area contributed by atoms with Gasteiger partial charge in [-0.05, 0) is 43.5 Å². The highest BCUT2D eigenvalue weighted by Crippen LogP contribution is 2.55. The van der Waals surface area contributed by atoms with Crippen molar-refractivity contribution in [3.8, 4) is 0 Å². The van der Waals surface area contributed by atoms with Crippen molar-refractivity contribution >= 4 is 28.9 Å². The zero-order valence-corrected chi connectivity index (χ0v) is 19.9. The van der Waals surface area contributed by atoms with E-state index in [0.717, 1.165) is 0 Å². The number of carbonyl (C=O) groups is 4. The van der Waals surface area contributed by atoms with Crippen LogP contribution in [0.4, 0.5) is 23.2 Å². The maximum atomic E-state index is 13.6. The second-order valence-corrected chi connectivity index (χ2v) is 9.67. The third kappa shape index (κ3) is 4.60. The minimum atomic E-state index is -3.04. The van der Waals surface area contributed by atoms with Crippen molar-refractivity contribution in [3.05, 3.63) is 52.3 Å². The summed E-state index contributed by atoms with van der Waals surface area (Å²) in [5.41, 5.74) is -0.650. The van der Waals surface area contributed by atoms with E-state index < -0.39 is 60.3 Å². The number of nitrogens with one attached hydrogen (secondary N) is 1. The van der Waals surface area contributed by atoms with E-state index in [2.05, 4.69) is 5.32 Å². The van der Waals surface area contributed by atoms with Crippen LogP contribution >= 0.6 is 0 Å². The number of halogens is 4. The molecule has 1 aliphatic carbocycles. The van der Waals surface area contributed by atoms with Gasteiger partial charge in [-0.25, -0.2) is 17.6 Å². The van der Waals surface area contributed by atoms with Crippen LogP contribution in [-0.4, -0.2) is 33.7 Å². The number of hydrogen-bond acceptors (Lipinski definition) is 4. The van der Waals surface area contributed by atoms with Gasteiger partial charge in [-0.3, -0.25) is 19.2 Å². The average Bonchev–Trinajstić information content (AvgIpc) is 3.40. The maximum Gasteiger partial charge on any atom is 0.272 e. The molecule has 1 fully saturated rings. The highest BCUT2D eigenvalue weighted by atomic mass is 19.3. The first-order chi connectivity index (χ1) is 16.9. The van der Waals surface area contributed by atoms with Crippen LogP contribution in [0.5, 0.6) is 0 Å². The van der Waals surface area contributed by atoms with Crippen molar-refractivity contribution in [1.29, 1.82) is 0 Å². The zero-order valence-electron chi connectivity index (χ0n) is 19.9. The van der Waals surface area contributed by atoms with Gasteiger partial charge in [0.2, 0.25) is 17.5 Å². The molecule has 0 atom stereocenters. The van der Waals surface area contributed by atoms with E-state index in [0.29, 0.717) is 30.6 Å². The van der Waals surface area contributed by atoms with Crippen LogP contribution in [0.3, 0.4) is 0 Å². The van der Waals surface area contributed by atoms with Crippen LogP contribution in [0.1, 0.15) is 83.1 Å². The van der Waals surface area contributed by atoms with Crippen molar-refractivity contribution in [2.45, 2.75) is 71.3 Å². The molecule has 1 aromatic heterocycles. The van der Waals surface area contributed by atoms with E-state index in [-0.39, 0.29) is 28.9 Å². The predicted molar refractivity (Wildman–Crippen MR) is 123 cm³/mol. The minimum absolute atomic E-state index is 0.00464. The third-order valence-corrected chi connectivity index (χ3v) is 7.11. The monoisotopic (exact) mass is 506 g/mol. The lowest BCUT2D eigenvalue weighted by Gasteiger charge is -2.45. The van der Waals surface area contributed by atoms with Crippen LogP contribution in [0.2, 0.25) is 0 Å². The lowest BCUT2D eigenvalue weighted by Crippen LogP contribution is -2.52. The number of alkyl halides is 4. The average molecular weight is 506 g/mol. The van der Waals surface area contributed by atoms with Gasteiger partial charge >= 0.3 is 0 Å². The molecule has 1 saturated carbocycles. The molecule has 36 heavy (non-hydrogen) atoms. The van der Waals surface area contributed by atoms with Gasteiger partial charge in [0.1, 0.15) is 11.5 Å². The summed E-state index contributed by atoms with van der Waals surface area (Å²) < 4.78 is 55.3. The lowest BCUT2D eigenvalue weighted by molar-refractivity contribution is -0.179. The number of nitrogens with zero attached hydrogens (tertiary/aromatic N) is 1. The molecule has 2 heterocycles. The molecule has 1 amide bonds. The Bertz CT molecular complexity index is 1260. The summed E-state index contributed by atoms with van der Waals surface area (Å²) in [5, 5.41) is 2.56. The van der Waals surface area contributed by atoms with Gasteiger partial charge in [-0.1, -0.05) is 13.0 Å². The number of aromatic nitrogens is 1. The molecule has 0 saturated heterocycles. The maximum absolute atomic E-state index is 13.6. The topological polar surface area (TPSA) is 85.2 Å². The summed E-state index contributed by atoms with van der Waals surface area (Å²) in [6.07, 6.45) is -3.80. The Kier molecular flexibility index (Phi) is 6.66. The molecule has 1 N–H and O–H groups in total. The Morgan fingerprint density at radius 2 is 1.81 bits per heavy atom. The summed E-state index contributed by atoms with van der Waals surface area (Å²) in [5.74, 6) is -6.02. The molecule has 6 nitrogen and oxygen atoms in total. The second kappa shape index (κ2) is 9.29. The summed E-state index contributed by atoms with van der Waals surface area (Å²) in [6.45, 7) is 3.47. The van der Waals surface area contributed by atoms with Gasteiger partial charge in [0.15, 0.2) is 0 Å². The van der Waals surface area contributed by atoms with Crippen LogP contribution in [0.25, 0.3) is 0 Å². The number of aryl methyl sites for hydroxylation is 1. The van der Waals surface area contributed by atoms with Crippen LogP contribution in [0.15, 0.2) is 24.3 Å². The molecular formula is C26H26F4N2O4. The van der Waals surface area contributed by atoms with Crippen LogP contribution in [-0.2, 0) is 22.6 Å². The van der Waals surface area contributed by atoms with Crippen molar-refractivity contribution in [3.63, 3.8) is 0 Å². The van der Waals surface area contributed by atoms with E-state index in [4.69, 9.17) is 0 Å². The first-order valence-electron chi connectivity index (χ1n) is 11.8. The summed E-state index contributed by atoms with van der Waals surface area (Å²) in [7, 11) is 0. The summed E-state index contributed by atoms with van der Waals surface area (Å²) in [4.78, 5) is 51.3. The Morgan fingerprint density at radius 3 is 2.42 bits per heavy atom. The number of ketones is 3. The molecule has 1 aliphatic heterocycles. The highest BCUT2D eigenvalue weighted by molar-refractivity contribution is 6.44. The molecule has 4 rings (SSSR count). The molecule has 2 aliphatic rings. The first kappa shape index (κ1) is 25.8.